The molecule has 4 aliphatic rings. The molecule has 1 heterocycles. The van der Waals surface area contributed by atoms with E-state index in [1.165, 1.54) is 32.1 Å². The van der Waals surface area contributed by atoms with Crippen molar-refractivity contribution in [2.24, 2.45) is 35.3 Å². The number of aromatic amines is 1. The lowest BCUT2D eigenvalue weighted by atomic mass is 9.50. The SMILES string of the molecule is NC(c1ncn[nH]1)C1C2CC3CC(C2)CC1C3. The number of hydrogen-bond donors (Lipinski definition) is 2. The monoisotopic (exact) mass is 232 g/mol. The van der Waals surface area contributed by atoms with Crippen LogP contribution in [0.3, 0.4) is 0 Å². The summed E-state index contributed by atoms with van der Waals surface area (Å²) in [7, 11) is 0. The fourth-order valence-corrected chi connectivity index (χ4v) is 5.11. The molecule has 0 amide bonds. The molecule has 17 heavy (non-hydrogen) atoms. The second-order valence-corrected chi connectivity index (χ2v) is 6.40. The molecule has 5 rings (SSSR count). The van der Waals surface area contributed by atoms with Crippen LogP contribution in [0.15, 0.2) is 6.33 Å². The molecule has 0 saturated heterocycles. The van der Waals surface area contributed by atoms with E-state index in [2.05, 4.69) is 15.2 Å². The topological polar surface area (TPSA) is 67.6 Å². The van der Waals surface area contributed by atoms with Gasteiger partial charge in [0.1, 0.15) is 12.2 Å². The zero-order valence-corrected chi connectivity index (χ0v) is 10.0. The summed E-state index contributed by atoms with van der Waals surface area (Å²) in [5.74, 6) is 5.27. The van der Waals surface area contributed by atoms with E-state index in [0.717, 1.165) is 29.5 Å². The van der Waals surface area contributed by atoms with Gasteiger partial charge in [0.15, 0.2) is 0 Å². The maximum Gasteiger partial charge on any atom is 0.141 e. The molecule has 1 aromatic rings. The van der Waals surface area contributed by atoms with Crippen LogP contribution in [-0.4, -0.2) is 15.2 Å². The highest BCUT2D eigenvalue weighted by molar-refractivity contribution is 5.05. The standard InChI is InChI=1S/C13H20N4/c14-12(13-15-6-16-17-13)11-9-2-7-1-8(4-9)5-10(11)3-7/h6-12H,1-5,14H2,(H,15,16,17). The van der Waals surface area contributed by atoms with Crippen LogP contribution in [0.2, 0.25) is 0 Å². The van der Waals surface area contributed by atoms with Crippen molar-refractivity contribution in [1.29, 1.82) is 0 Å². The predicted octanol–water partition coefficient (Wildman–Crippen LogP) is 1.88. The third kappa shape index (κ3) is 1.46. The molecule has 1 atom stereocenters. The van der Waals surface area contributed by atoms with Crippen molar-refractivity contribution in [2.75, 3.05) is 0 Å². The number of hydrogen-bond acceptors (Lipinski definition) is 3. The Hall–Kier alpha value is -0.900. The largest absolute Gasteiger partial charge is 0.321 e. The van der Waals surface area contributed by atoms with Gasteiger partial charge in [0.2, 0.25) is 0 Å². The maximum atomic E-state index is 6.43. The second kappa shape index (κ2) is 3.55. The van der Waals surface area contributed by atoms with Crippen molar-refractivity contribution >= 4 is 0 Å². The first kappa shape index (κ1) is 10.1. The quantitative estimate of drug-likeness (QED) is 0.818. The number of aromatic nitrogens is 3. The van der Waals surface area contributed by atoms with Gasteiger partial charge >= 0.3 is 0 Å². The van der Waals surface area contributed by atoms with Gasteiger partial charge in [-0.3, -0.25) is 5.10 Å². The minimum Gasteiger partial charge on any atom is -0.321 e. The van der Waals surface area contributed by atoms with Gasteiger partial charge in [-0.1, -0.05) is 0 Å². The third-order valence-corrected chi connectivity index (χ3v) is 5.46. The van der Waals surface area contributed by atoms with Crippen LogP contribution in [0.5, 0.6) is 0 Å². The lowest BCUT2D eigenvalue weighted by Gasteiger charge is -2.55. The highest BCUT2D eigenvalue weighted by atomic mass is 15.2. The average molecular weight is 232 g/mol. The molecule has 3 N–H and O–H groups in total. The molecule has 0 radical (unpaired) electrons. The Morgan fingerprint density at radius 2 is 1.76 bits per heavy atom. The summed E-state index contributed by atoms with van der Waals surface area (Å²) in [6, 6.07) is 0.0764. The van der Waals surface area contributed by atoms with Gasteiger partial charge in [0.25, 0.3) is 0 Å². The van der Waals surface area contributed by atoms with Gasteiger partial charge in [-0.25, -0.2) is 4.98 Å². The summed E-state index contributed by atoms with van der Waals surface area (Å²) >= 11 is 0. The van der Waals surface area contributed by atoms with Gasteiger partial charge in [0, 0.05) is 0 Å². The summed E-state index contributed by atoms with van der Waals surface area (Å²) in [5, 5.41) is 6.90. The molecule has 4 aliphatic carbocycles. The molecule has 92 valence electrons. The Morgan fingerprint density at radius 1 is 1.12 bits per heavy atom. The molecule has 4 fully saturated rings. The normalized spacial score (nSPS) is 45.1. The molecular weight excluding hydrogens is 212 g/mol. The van der Waals surface area contributed by atoms with Crippen molar-refractivity contribution in [3.05, 3.63) is 12.2 Å². The van der Waals surface area contributed by atoms with E-state index in [9.17, 15) is 0 Å². The summed E-state index contributed by atoms with van der Waals surface area (Å²) in [4.78, 5) is 4.26. The van der Waals surface area contributed by atoms with Crippen molar-refractivity contribution in [2.45, 2.75) is 38.1 Å². The van der Waals surface area contributed by atoms with Gasteiger partial charge < -0.3 is 5.73 Å². The highest BCUT2D eigenvalue weighted by Crippen LogP contribution is 2.58. The molecule has 1 aromatic heterocycles. The Labute approximate surface area is 101 Å². The average Bonchev–Trinajstić information content (AvgIpc) is 2.80. The Balaban J connectivity index is 1.62. The summed E-state index contributed by atoms with van der Waals surface area (Å²) in [5.41, 5.74) is 6.43. The van der Waals surface area contributed by atoms with E-state index in [1.54, 1.807) is 6.33 Å². The van der Waals surface area contributed by atoms with E-state index in [4.69, 9.17) is 5.73 Å². The molecule has 4 heteroatoms. The van der Waals surface area contributed by atoms with Crippen LogP contribution in [0.25, 0.3) is 0 Å². The smallest absolute Gasteiger partial charge is 0.141 e. The van der Waals surface area contributed by atoms with E-state index >= 15 is 0 Å². The highest BCUT2D eigenvalue weighted by Gasteiger charge is 2.50. The maximum absolute atomic E-state index is 6.43. The number of nitrogens with zero attached hydrogens (tertiary/aromatic N) is 2. The number of rotatable bonds is 2. The first-order valence-electron chi connectivity index (χ1n) is 6.92. The lowest BCUT2D eigenvalue weighted by Crippen LogP contribution is -2.48. The van der Waals surface area contributed by atoms with E-state index in [-0.39, 0.29) is 6.04 Å². The van der Waals surface area contributed by atoms with Crippen LogP contribution in [0.4, 0.5) is 0 Å². The van der Waals surface area contributed by atoms with E-state index < -0.39 is 0 Å². The van der Waals surface area contributed by atoms with Gasteiger partial charge in [-0.05, 0) is 61.7 Å². The van der Waals surface area contributed by atoms with Crippen molar-refractivity contribution in [3.8, 4) is 0 Å². The minimum absolute atomic E-state index is 0.0764. The van der Waals surface area contributed by atoms with Gasteiger partial charge in [0.05, 0.1) is 6.04 Å². The first-order valence-corrected chi connectivity index (χ1v) is 6.92. The van der Waals surface area contributed by atoms with Crippen LogP contribution >= 0.6 is 0 Å². The predicted molar refractivity (Wildman–Crippen MR) is 63.8 cm³/mol. The second-order valence-electron chi connectivity index (χ2n) is 6.40. The molecule has 4 nitrogen and oxygen atoms in total. The Kier molecular flexibility index (Phi) is 2.10. The number of nitrogens with one attached hydrogen (secondary N) is 1. The third-order valence-electron chi connectivity index (χ3n) is 5.46. The fourth-order valence-electron chi connectivity index (χ4n) is 5.11. The fraction of sp³-hybridized carbons (Fsp3) is 0.846. The van der Waals surface area contributed by atoms with E-state index in [1.807, 2.05) is 0 Å². The molecular formula is C13H20N4. The van der Waals surface area contributed by atoms with Crippen molar-refractivity contribution in [3.63, 3.8) is 0 Å². The zero-order valence-electron chi connectivity index (χ0n) is 10.0. The summed E-state index contributed by atoms with van der Waals surface area (Å²) < 4.78 is 0. The molecule has 1 unspecified atom stereocenters. The van der Waals surface area contributed by atoms with Gasteiger partial charge in [-0.15, -0.1) is 0 Å². The molecule has 0 aromatic carbocycles. The molecule has 0 aliphatic heterocycles. The van der Waals surface area contributed by atoms with Crippen LogP contribution < -0.4 is 5.73 Å². The minimum atomic E-state index is 0.0764. The first-order chi connectivity index (χ1) is 8.31. The lowest BCUT2D eigenvalue weighted by molar-refractivity contribution is -0.0481. The Bertz CT molecular complexity index is 372. The number of nitrogens with two attached hydrogens (primary N) is 1. The van der Waals surface area contributed by atoms with Crippen molar-refractivity contribution < 1.29 is 0 Å². The molecule has 4 saturated carbocycles. The number of H-pyrrole nitrogens is 1. The summed E-state index contributed by atoms with van der Waals surface area (Å²) in [6.45, 7) is 0. The molecule has 0 spiro atoms. The summed E-state index contributed by atoms with van der Waals surface area (Å²) in [6.07, 6.45) is 8.74. The zero-order chi connectivity index (χ0) is 11.4. The van der Waals surface area contributed by atoms with Crippen LogP contribution in [0, 0.1) is 29.6 Å². The van der Waals surface area contributed by atoms with Crippen LogP contribution in [-0.2, 0) is 0 Å². The van der Waals surface area contributed by atoms with Gasteiger partial charge in [-0.2, -0.15) is 5.10 Å². The Morgan fingerprint density at radius 3 is 2.29 bits per heavy atom. The molecule has 4 bridgehead atoms. The van der Waals surface area contributed by atoms with E-state index in [0.29, 0.717) is 5.92 Å². The van der Waals surface area contributed by atoms with Crippen LogP contribution in [0.1, 0.15) is 44.0 Å². The van der Waals surface area contributed by atoms with Crippen molar-refractivity contribution in [1.82, 2.24) is 15.2 Å².